The van der Waals surface area contributed by atoms with Crippen LogP contribution in [0.4, 0.5) is 5.69 Å². The van der Waals surface area contributed by atoms with Gasteiger partial charge in [0.25, 0.3) is 0 Å². The average Bonchev–Trinajstić information content (AvgIpc) is 2.24. The fraction of sp³-hybridized carbons (Fsp3) is 0.273. The molecule has 2 N–H and O–H groups in total. The summed E-state index contributed by atoms with van der Waals surface area (Å²) in [4.78, 5) is 21.8. The number of aliphatic carboxylic acids is 1. The number of rotatable bonds is 5. The Hall–Kier alpha value is -1.07. The molecule has 0 aromatic heterocycles. The Bertz CT molecular complexity index is 437. The molecule has 0 saturated heterocycles. The minimum absolute atomic E-state index is 0.00979. The van der Waals surface area contributed by atoms with Crippen molar-refractivity contribution in [2.45, 2.75) is 19.3 Å². The van der Waals surface area contributed by atoms with Crippen molar-refractivity contribution in [3.63, 3.8) is 0 Å². The molecule has 0 heterocycles. The van der Waals surface area contributed by atoms with Gasteiger partial charge in [0.1, 0.15) is 0 Å². The van der Waals surface area contributed by atoms with Crippen LogP contribution in [0.1, 0.15) is 19.3 Å². The summed E-state index contributed by atoms with van der Waals surface area (Å²) in [6, 6.07) is 5.14. The fourth-order valence-corrected chi connectivity index (χ4v) is 1.75. The Morgan fingerprint density at radius 2 is 2.06 bits per heavy atom. The number of hydrogen-bond acceptors (Lipinski definition) is 2. The van der Waals surface area contributed by atoms with Crippen LogP contribution in [0.15, 0.2) is 22.7 Å². The first kappa shape index (κ1) is 14.0. The van der Waals surface area contributed by atoms with Gasteiger partial charge in [0, 0.05) is 12.8 Å². The lowest BCUT2D eigenvalue weighted by Crippen LogP contribution is -2.12. The molecule has 0 atom stereocenters. The Morgan fingerprint density at radius 3 is 2.71 bits per heavy atom. The van der Waals surface area contributed by atoms with Crippen LogP contribution in [0.3, 0.4) is 0 Å². The second-order valence-electron chi connectivity index (χ2n) is 3.40. The Labute approximate surface area is 112 Å². The summed E-state index contributed by atoms with van der Waals surface area (Å²) in [5, 5.41) is 11.6. The second-order valence-corrected chi connectivity index (χ2v) is 4.60. The lowest BCUT2D eigenvalue weighted by Gasteiger charge is -2.07. The zero-order valence-electron chi connectivity index (χ0n) is 8.87. The van der Waals surface area contributed by atoms with Gasteiger partial charge in [-0.1, -0.05) is 17.7 Å². The number of carbonyl (C=O) groups is 2. The molecule has 1 aromatic rings. The first-order valence-corrected chi connectivity index (χ1v) is 6.13. The molecule has 4 nitrogen and oxygen atoms in total. The van der Waals surface area contributed by atoms with Crippen LogP contribution in [0.5, 0.6) is 0 Å². The van der Waals surface area contributed by atoms with E-state index in [1.54, 1.807) is 18.2 Å². The van der Waals surface area contributed by atoms with E-state index in [9.17, 15) is 9.59 Å². The van der Waals surface area contributed by atoms with E-state index in [0.717, 1.165) is 0 Å². The summed E-state index contributed by atoms with van der Waals surface area (Å²) in [6.07, 6.45) is 0.481. The minimum Gasteiger partial charge on any atom is -0.481 e. The quantitative estimate of drug-likeness (QED) is 0.875. The Kier molecular flexibility index (Phi) is 5.44. The van der Waals surface area contributed by atoms with E-state index in [4.69, 9.17) is 16.7 Å². The van der Waals surface area contributed by atoms with Gasteiger partial charge in [0.05, 0.1) is 15.2 Å². The molecule has 0 saturated carbocycles. The van der Waals surface area contributed by atoms with Gasteiger partial charge in [-0.3, -0.25) is 9.59 Å². The summed E-state index contributed by atoms with van der Waals surface area (Å²) in [5.41, 5.74) is 0.581. The van der Waals surface area contributed by atoms with Crippen molar-refractivity contribution < 1.29 is 14.7 Å². The molecule has 0 aliphatic heterocycles. The molecule has 0 spiro atoms. The molecule has 92 valence electrons. The van der Waals surface area contributed by atoms with Crippen LogP contribution < -0.4 is 5.32 Å². The predicted octanol–water partition coefficient (Wildman–Crippen LogP) is 3.30. The van der Waals surface area contributed by atoms with Crippen molar-refractivity contribution in [1.29, 1.82) is 0 Å². The van der Waals surface area contributed by atoms with Gasteiger partial charge in [0.2, 0.25) is 5.91 Å². The van der Waals surface area contributed by atoms with Crippen molar-refractivity contribution in [1.82, 2.24) is 0 Å². The largest absolute Gasteiger partial charge is 0.481 e. The third-order valence-electron chi connectivity index (χ3n) is 2.02. The highest BCUT2D eigenvalue weighted by atomic mass is 79.9. The maximum Gasteiger partial charge on any atom is 0.303 e. The van der Waals surface area contributed by atoms with E-state index in [0.29, 0.717) is 21.6 Å². The molecule has 1 rings (SSSR count). The second kappa shape index (κ2) is 6.61. The number of carboxylic acids is 1. The smallest absolute Gasteiger partial charge is 0.303 e. The van der Waals surface area contributed by atoms with E-state index in [2.05, 4.69) is 21.2 Å². The molecule has 17 heavy (non-hydrogen) atoms. The monoisotopic (exact) mass is 319 g/mol. The summed E-state index contributed by atoms with van der Waals surface area (Å²) in [7, 11) is 0. The zero-order valence-corrected chi connectivity index (χ0v) is 11.2. The highest BCUT2D eigenvalue weighted by Gasteiger charge is 2.08. The van der Waals surface area contributed by atoms with E-state index < -0.39 is 5.97 Å². The summed E-state index contributed by atoms with van der Waals surface area (Å²) >= 11 is 9.13. The Morgan fingerprint density at radius 1 is 1.35 bits per heavy atom. The normalized spacial score (nSPS) is 10.0. The van der Waals surface area contributed by atoms with Gasteiger partial charge in [-0.15, -0.1) is 0 Å². The number of carbonyl (C=O) groups excluding carboxylic acids is 1. The van der Waals surface area contributed by atoms with Gasteiger partial charge in [-0.2, -0.15) is 0 Å². The van der Waals surface area contributed by atoms with Crippen LogP contribution >= 0.6 is 27.5 Å². The lowest BCUT2D eigenvalue weighted by atomic mass is 10.2. The topological polar surface area (TPSA) is 66.4 Å². The van der Waals surface area contributed by atoms with Crippen molar-refractivity contribution in [2.75, 3.05) is 5.32 Å². The standard InChI is InChI=1S/C11H11BrClNO3/c12-11-7(13)3-1-4-8(11)14-9(15)5-2-6-10(16)17/h1,3-4H,2,5-6H2,(H,14,15)(H,16,17). The summed E-state index contributed by atoms with van der Waals surface area (Å²) in [6.45, 7) is 0. The molecule has 0 unspecified atom stereocenters. The maximum absolute atomic E-state index is 11.5. The highest BCUT2D eigenvalue weighted by molar-refractivity contribution is 9.10. The fourth-order valence-electron chi connectivity index (χ4n) is 1.21. The van der Waals surface area contributed by atoms with Crippen LogP contribution in [-0.4, -0.2) is 17.0 Å². The first-order chi connectivity index (χ1) is 8.00. The lowest BCUT2D eigenvalue weighted by molar-refractivity contribution is -0.137. The minimum atomic E-state index is -0.901. The molecule has 0 fully saturated rings. The van der Waals surface area contributed by atoms with Gasteiger partial charge in [0.15, 0.2) is 0 Å². The molecule has 0 aliphatic carbocycles. The van der Waals surface area contributed by atoms with Gasteiger partial charge >= 0.3 is 5.97 Å². The van der Waals surface area contributed by atoms with Gasteiger partial charge in [-0.05, 0) is 34.5 Å². The van der Waals surface area contributed by atoms with E-state index in [-0.39, 0.29) is 18.7 Å². The highest BCUT2D eigenvalue weighted by Crippen LogP contribution is 2.30. The SMILES string of the molecule is O=C(O)CCCC(=O)Nc1cccc(Cl)c1Br. The third-order valence-corrected chi connectivity index (χ3v) is 3.42. The Balaban J connectivity index is 2.51. The maximum atomic E-state index is 11.5. The predicted molar refractivity (Wildman–Crippen MR) is 69.3 cm³/mol. The van der Waals surface area contributed by atoms with Crippen molar-refractivity contribution in [3.05, 3.63) is 27.7 Å². The molecular formula is C11H11BrClNO3. The molecule has 0 radical (unpaired) electrons. The van der Waals surface area contributed by atoms with Crippen molar-refractivity contribution in [2.24, 2.45) is 0 Å². The number of nitrogens with one attached hydrogen (secondary N) is 1. The van der Waals surface area contributed by atoms with Gasteiger partial charge in [-0.25, -0.2) is 0 Å². The van der Waals surface area contributed by atoms with Crippen LogP contribution in [0.25, 0.3) is 0 Å². The molecule has 1 amide bonds. The third kappa shape index (κ3) is 4.75. The molecule has 1 aromatic carbocycles. The first-order valence-electron chi connectivity index (χ1n) is 4.96. The summed E-state index contributed by atoms with van der Waals surface area (Å²) in [5.74, 6) is -1.13. The van der Waals surface area contributed by atoms with E-state index in [1.165, 1.54) is 0 Å². The van der Waals surface area contributed by atoms with Crippen molar-refractivity contribution in [3.8, 4) is 0 Å². The molecular weight excluding hydrogens is 309 g/mol. The number of benzene rings is 1. The number of anilines is 1. The van der Waals surface area contributed by atoms with Gasteiger partial charge < -0.3 is 10.4 Å². The molecule has 6 heteroatoms. The summed E-state index contributed by atoms with van der Waals surface area (Å²) < 4.78 is 0.619. The van der Waals surface area contributed by atoms with Crippen molar-refractivity contribution >= 4 is 45.1 Å². The number of amides is 1. The zero-order chi connectivity index (χ0) is 12.8. The van der Waals surface area contributed by atoms with E-state index >= 15 is 0 Å². The number of carboxylic acid groups (broad SMARTS) is 1. The van der Waals surface area contributed by atoms with Crippen LogP contribution in [0, 0.1) is 0 Å². The average molecular weight is 321 g/mol. The van der Waals surface area contributed by atoms with Crippen LogP contribution in [-0.2, 0) is 9.59 Å². The van der Waals surface area contributed by atoms with E-state index in [1.807, 2.05) is 0 Å². The van der Waals surface area contributed by atoms with Crippen LogP contribution in [0.2, 0.25) is 5.02 Å². The molecule has 0 bridgehead atoms. The number of halogens is 2. The molecule has 0 aliphatic rings. The number of hydrogen-bond donors (Lipinski definition) is 2.